The molecule has 1 aromatic rings. The molecule has 0 saturated carbocycles. The van der Waals surface area contributed by atoms with Gasteiger partial charge in [0.2, 0.25) is 0 Å². The normalized spacial score (nSPS) is 12.6. The van der Waals surface area contributed by atoms with Gasteiger partial charge in [0.1, 0.15) is 0 Å². The van der Waals surface area contributed by atoms with Gasteiger partial charge < -0.3 is 19.1 Å². The van der Waals surface area contributed by atoms with Gasteiger partial charge in [0.05, 0.1) is 13.4 Å². The quantitative estimate of drug-likeness (QED) is 0.709. The molecular weight excluding hydrogens is 344 g/mol. The highest BCUT2D eigenvalue weighted by molar-refractivity contribution is 7.86. The van der Waals surface area contributed by atoms with Gasteiger partial charge in [-0.1, -0.05) is 13.0 Å². The molecule has 1 N–H and O–H groups in total. The first-order chi connectivity index (χ1) is 11.6. The Morgan fingerprint density at radius 3 is 2.36 bits per heavy atom. The van der Waals surface area contributed by atoms with Crippen molar-refractivity contribution in [3.63, 3.8) is 0 Å². The number of hydrogen-bond donors (Lipinski definition) is 1. The van der Waals surface area contributed by atoms with E-state index >= 15 is 0 Å². The molecule has 0 aliphatic heterocycles. The molecule has 0 fully saturated rings. The van der Waals surface area contributed by atoms with E-state index in [-0.39, 0.29) is 23.9 Å². The minimum Gasteiger partial charge on any atom is -0.493 e. The second kappa shape index (κ2) is 8.94. The molecule has 0 unspecified atom stereocenters. The summed E-state index contributed by atoms with van der Waals surface area (Å²) in [6.45, 7) is 8.11. The van der Waals surface area contributed by atoms with Gasteiger partial charge in [0.15, 0.2) is 11.5 Å². The zero-order valence-corrected chi connectivity index (χ0v) is 16.5. The van der Waals surface area contributed by atoms with E-state index in [0.717, 1.165) is 18.2 Å². The number of carbonyl (C=O) groups is 1. The highest BCUT2D eigenvalue weighted by Crippen LogP contribution is 2.30. The number of methoxy groups -OCH3 is 1. The Hall–Kier alpha value is -1.96. The zero-order chi connectivity index (χ0) is 19.2. The summed E-state index contributed by atoms with van der Waals surface area (Å²) in [4.78, 5) is 14.2. The van der Waals surface area contributed by atoms with E-state index in [1.54, 1.807) is 23.1 Å². The second-order valence-electron chi connectivity index (χ2n) is 6.26. The van der Waals surface area contributed by atoms with E-state index in [4.69, 9.17) is 8.92 Å². The minimum atomic E-state index is -3.68. The van der Waals surface area contributed by atoms with Gasteiger partial charge in [-0.15, -0.1) is 0 Å². The molecule has 0 bridgehead atoms. The van der Waals surface area contributed by atoms with Gasteiger partial charge >= 0.3 is 16.1 Å². The lowest BCUT2D eigenvalue weighted by molar-refractivity contribution is 0.171. The predicted octanol–water partition coefficient (Wildman–Crippen LogP) is 2.75. The van der Waals surface area contributed by atoms with E-state index in [2.05, 4.69) is 5.32 Å². The van der Waals surface area contributed by atoms with Crippen molar-refractivity contribution < 1.29 is 22.1 Å². The van der Waals surface area contributed by atoms with Crippen molar-refractivity contribution >= 4 is 16.1 Å². The van der Waals surface area contributed by atoms with Crippen LogP contribution in [0.3, 0.4) is 0 Å². The number of hydrogen-bond acceptors (Lipinski definition) is 5. The van der Waals surface area contributed by atoms with E-state index in [0.29, 0.717) is 12.3 Å². The Labute approximate surface area is 150 Å². The first kappa shape index (κ1) is 21.1. The fraction of sp³-hybridized carbons (Fsp3) is 0.588. The first-order valence-corrected chi connectivity index (χ1v) is 10.0. The summed E-state index contributed by atoms with van der Waals surface area (Å²) < 4.78 is 33.0. The van der Waals surface area contributed by atoms with Gasteiger partial charge in [-0.05, 0) is 44.9 Å². The smallest absolute Gasteiger partial charge is 0.318 e. The van der Waals surface area contributed by atoms with E-state index in [9.17, 15) is 13.2 Å². The lowest BCUT2D eigenvalue weighted by atomic mass is 10.1. The maximum atomic E-state index is 12.5. The fourth-order valence-electron chi connectivity index (χ4n) is 2.22. The largest absolute Gasteiger partial charge is 0.493 e. The first-order valence-electron chi connectivity index (χ1n) is 8.20. The molecule has 1 rings (SSSR count). The van der Waals surface area contributed by atoms with Crippen LogP contribution in [0.2, 0.25) is 0 Å². The maximum absolute atomic E-state index is 12.5. The monoisotopic (exact) mass is 372 g/mol. The molecule has 0 heterocycles. The number of nitrogens with one attached hydrogen (secondary N) is 1. The van der Waals surface area contributed by atoms with E-state index in [1.165, 1.54) is 7.11 Å². The Morgan fingerprint density at radius 2 is 1.88 bits per heavy atom. The van der Waals surface area contributed by atoms with E-state index in [1.807, 2.05) is 27.7 Å². The van der Waals surface area contributed by atoms with Crippen LogP contribution >= 0.6 is 0 Å². The summed E-state index contributed by atoms with van der Waals surface area (Å²) in [7, 11) is -2.24. The number of ether oxygens (including phenoxy) is 1. The molecule has 1 aromatic carbocycles. The van der Waals surface area contributed by atoms with Crippen LogP contribution in [0.25, 0.3) is 0 Å². The SMILES string of the molecule is CC[C@@H](C)N(Cc1ccc(OC)c(OS(C)(=O)=O)c1)C(=O)NC(C)C. The molecular formula is C17H28N2O5S. The zero-order valence-electron chi connectivity index (χ0n) is 15.7. The van der Waals surface area contributed by atoms with Crippen LogP contribution < -0.4 is 14.2 Å². The summed E-state index contributed by atoms with van der Waals surface area (Å²) in [6, 6.07) is 4.89. The number of nitrogens with zero attached hydrogens (tertiary/aromatic N) is 1. The van der Waals surface area contributed by atoms with Crippen LogP contribution in [-0.4, -0.2) is 44.8 Å². The van der Waals surface area contributed by atoms with Gasteiger partial charge in [-0.2, -0.15) is 8.42 Å². The molecule has 0 saturated heterocycles. The van der Waals surface area contributed by atoms with E-state index < -0.39 is 10.1 Å². The highest BCUT2D eigenvalue weighted by Gasteiger charge is 2.21. The van der Waals surface area contributed by atoms with Gasteiger partial charge in [0.25, 0.3) is 0 Å². The standard InChI is InChI=1S/C17H28N2O5S/c1-7-13(4)19(17(20)18-12(2)3)11-14-8-9-15(23-5)16(10-14)24-25(6,21)22/h8-10,12-13H,7,11H2,1-6H3,(H,18,20)/t13-/m1/s1. The number of rotatable bonds is 8. The average molecular weight is 372 g/mol. The summed E-state index contributed by atoms with van der Waals surface area (Å²) in [6.07, 6.45) is 1.77. The molecule has 0 aliphatic rings. The van der Waals surface area contributed by atoms with Gasteiger partial charge in [-0.3, -0.25) is 0 Å². The molecule has 25 heavy (non-hydrogen) atoms. The number of carbonyl (C=O) groups excluding carboxylic acids is 1. The maximum Gasteiger partial charge on any atom is 0.318 e. The third-order valence-electron chi connectivity index (χ3n) is 3.62. The summed E-state index contributed by atoms with van der Waals surface area (Å²) in [5.74, 6) is 0.423. The lowest BCUT2D eigenvalue weighted by Crippen LogP contribution is -2.46. The molecule has 7 nitrogen and oxygen atoms in total. The number of urea groups is 1. The third-order valence-corrected chi connectivity index (χ3v) is 4.10. The van der Waals surface area contributed by atoms with Crippen molar-refractivity contribution in [1.82, 2.24) is 10.2 Å². The topological polar surface area (TPSA) is 84.9 Å². The van der Waals surface area contributed by atoms with Crippen LogP contribution in [0.4, 0.5) is 4.79 Å². The minimum absolute atomic E-state index is 0.0269. The highest BCUT2D eigenvalue weighted by atomic mass is 32.2. The summed E-state index contributed by atoms with van der Waals surface area (Å²) >= 11 is 0. The Balaban J connectivity index is 3.11. The van der Waals surface area contributed by atoms with Gasteiger partial charge in [0, 0.05) is 18.6 Å². The van der Waals surface area contributed by atoms with Crippen LogP contribution in [0.15, 0.2) is 18.2 Å². The molecule has 142 valence electrons. The van der Waals surface area contributed by atoms with Gasteiger partial charge in [-0.25, -0.2) is 4.79 Å². The predicted molar refractivity (Wildman–Crippen MR) is 97.4 cm³/mol. The summed E-state index contributed by atoms with van der Waals surface area (Å²) in [5.41, 5.74) is 0.749. The molecule has 1 atom stereocenters. The lowest BCUT2D eigenvalue weighted by Gasteiger charge is -2.30. The fourth-order valence-corrected chi connectivity index (χ4v) is 2.68. The molecule has 2 amide bonds. The van der Waals surface area contributed by atoms with Crippen LogP contribution in [0, 0.1) is 0 Å². The van der Waals surface area contributed by atoms with Crippen molar-refractivity contribution in [3.8, 4) is 11.5 Å². The molecule has 0 spiro atoms. The average Bonchev–Trinajstić information content (AvgIpc) is 2.49. The van der Waals surface area contributed by atoms with Crippen molar-refractivity contribution in [2.24, 2.45) is 0 Å². The molecule has 0 radical (unpaired) electrons. The Kier molecular flexibility index (Phi) is 7.54. The second-order valence-corrected chi connectivity index (χ2v) is 7.84. The van der Waals surface area contributed by atoms with Crippen molar-refractivity contribution in [3.05, 3.63) is 23.8 Å². The Bertz CT molecular complexity index is 688. The summed E-state index contributed by atoms with van der Waals surface area (Å²) in [5, 5.41) is 2.89. The van der Waals surface area contributed by atoms with Crippen molar-refractivity contribution in [2.45, 2.75) is 52.7 Å². The number of benzene rings is 1. The van der Waals surface area contributed by atoms with Crippen molar-refractivity contribution in [1.29, 1.82) is 0 Å². The van der Waals surface area contributed by atoms with Crippen LogP contribution in [0.5, 0.6) is 11.5 Å². The van der Waals surface area contributed by atoms with Crippen LogP contribution in [0.1, 0.15) is 39.7 Å². The van der Waals surface area contributed by atoms with Crippen LogP contribution in [-0.2, 0) is 16.7 Å². The molecule has 0 aliphatic carbocycles. The number of amides is 2. The molecule has 0 aromatic heterocycles. The molecule has 8 heteroatoms. The van der Waals surface area contributed by atoms with Crippen molar-refractivity contribution in [2.75, 3.05) is 13.4 Å². The third kappa shape index (κ3) is 6.81. The Morgan fingerprint density at radius 1 is 1.24 bits per heavy atom.